The average Bonchev–Trinajstić information content (AvgIpc) is 2.19. The van der Waals surface area contributed by atoms with Crippen molar-refractivity contribution in [1.29, 1.82) is 0 Å². The van der Waals surface area contributed by atoms with Gasteiger partial charge in [-0.05, 0) is 6.42 Å². The highest BCUT2D eigenvalue weighted by molar-refractivity contribution is 4.79. The maximum absolute atomic E-state index is 11.8. The normalized spacial score (nSPS) is 23.6. The fourth-order valence-corrected chi connectivity index (χ4v) is 1.99. The molecule has 16 heavy (non-hydrogen) atoms. The van der Waals surface area contributed by atoms with Crippen molar-refractivity contribution in [3.8, 4) is 0 Å². The van der Waals surface area contributed by atoms with Crippen LogP contribution in [0.25, 0.3) is 0 Å². The first-order valence-electron chi connectivity index (χ1n) is 5.68. The van der Waals surface area contributed by atoms with Crippen LogP contribution in [0, 0.1) is 0 Å². The van der Waals surface area contributed by atoms with Gasteiger partial charge < -0.3 is 5.32 Å². The largest absolute Gasteiger partial charge is 0.522 e. The molecular weight excluding hydrogens is 221 g/mol. The maximum atomic E-state index is 11.8. The predicted molar refractivity (Wildman–Crippen MR) is 55.1 cm³/mol. The van der Waals surface area contributed by atoms with E-state index in [1.807, 2.05) is 0 Å². The summed E-state index contributed by atoms with van der Waals surface area (Å²) in [6, 6.07) is 0.343. The zero-order valence-corrected chi connectivity index (χ0v) is 9.52. The molecule has 6 heteroatoms. The minimum atomic E-state index is -4.51. The first-order valence-corrected chi connectivity index (χ1v) is 5.68. The van der Waals surface area contributed by atoms with Gasteiger partial charge >= 0.3 is 6.36 Å². The third-order valence-corrected chi connectivity index (χ3v) is 2.74. The van der Waals surface area contributed by atoms with Crippen LogP contribution in [0.1, 0.15) is 19.8 Å². The van der Waals surface area contributed by atoms with Gasteiger partial charge in [0.1, 0.15) is 0 Å². The molecule has 0 aromatic rings. The second-order valence-corrected chi connectivity index (χ2v) is 3.98. The van der Waals surface area contributed by atoms with Gasteiger partial charge in [0.15, 0.2) is 0 Å². The number of nitrogens with one attached hydrogen (secondary N) is 1. The van der Waals surface area contributed by atoms with Crippen LogP contribution in [0.5, 0.6) is 0 Å². The van der Waals surface area contributed by atoms with E-state index < -0.39 is 6.36 Å². The Hall–Kier alpha value is -0.330. The Kier molecular flexibility index (Phi) is 5.51. The molecule has 1 aliphatic heterocycles. The molecule has 0 aromatic heterocycles. The summed E-state index contributed by atoms with van der Waals surface area (Å²) in [4.78, 5) is 2.08. The number of nitrogens with zero attached hydrogens (tertiary/aromatic N) is 1. The lowest BCUT2D eigenvalue weighted by molar-refractivity contribution is -0.325. The molecule has 1 atom stereocenters. The highest BCUT2D eigenvalue weighted by Gasteiger charge is 2.29. The Labute approximate surface area is 93.9 Å². The Morgan fingerprint density at radius 1 is 1.44 bits per heavy atom. The summed E-state index contributed by atoms with van der Waals surface area (Å²) in [5.74, 6) is 0. The molecule has 3 nitrogen and oxygen atoms in total. The van der Waals surface area contributed by atoms with Gasteiger partial charge in [-0.2, -0.15) is 0 Å². The molecule has 0 spiro atoms. The number of ether oxygens (including phenoxy) is 1. The Balaban J connectivity index is 2.27. The first kappa shape index (κ1) is 13.7. The Morgan fingerprint density at radius 3 is 2.81 bits per heavy atom. The van der Waals surface area contributed by atoms with Crippen molar-refractivity contribution in [3.63, 3.8) is 0 Å². The first-order chi connectivity index (χ1) is 7.53. The van der Waals surface area contributed by atoms with Crippen molar-refractivity contribution in [2.24, 2.45) is 0 Å². The highest BCUT2D eigenvalue weighted by Crippen LogP contribution is 2.16. The molecule has 96 valence electrons. The third kappa shape index (κ3) is 5.14. The summed E-state index contributed by atoms with van der Waals surface area (Å²) >= 11 is 0. The second kappa shape index (κ2) is 6.42. The summed E-state index contributed by atoms with van der Waals surface area (Å²) in [5, 5.41) is 3.25. The standard InChI is InChI=1S/C10H19F3N2O/c1-2-3-9-8-14-4-5-15(9)6-7-16-10(11,12)13/h9,14H,2-8H2,1H3. The smallest absolute Gasteiger partial charge is 0.314 e. The predicted octanol–water partition coefficient (Wildman–Crippen LogP) is 1.60. The maximum Gasteiger partial charge on any atom is 0.522 e. The van der Waals surface area contributed by atoms with Crippen LogP contribution < -0.4 is 5.32 Å². The van der Waals surface area contributed by atoms with Crippen LogP contribution in [0.4, 0.5) is 13.2 Å². The van der Waals surface area contributed by atoms with Gasteiger partial charge in [0.05, 0.1) is 6.61 Å². The van der Waals surface area contributed by atoms with Crippen molar-refractivity contribution in [2.75, 3.05) is 32.8 Å². The summed E-state index contributed by atoms with van der Waals surface area (Å²) in [6.45, 7) is 4.66. The van der Waals surface area contributed by atoms with Gasteiger partial charge in [-0.1, -0.05) is 13.3 Å². The number of hydrogen-bond donors (Lipinski definition) is 1. The van der Waals surface area contributed by atoms with Gasteiger partial charge in [-0.3, -0.25) is 9.64 Å². The van der Waals surface area contributed by atoms with E-state index in [9.17, 15) is 13.2 Å². The van der Waals surface area contributed by atoms with Crippen LogP contribution >= 0.6 is 0 Å². The average molecular weight is 240 g/mol. The summed E-state index contributed by atoms with van der Waals surface area (Å²) in [5.41, 5.74) is 0. The number of rotatable bonds is 5. The summed E-state index contributed by atoms with van der Waals surface area (Å²) in [7, 11) is 0. The lowest BCUT2D eigenvalue weighted by Gasteiger charge is -2.36. The number of alkyl halides is 3. The van der Waals surface area contributed by atoms with Gasteiger partial charge in [0.25, 0.3) is 0 Å². The van der Waals surface area contributed by atoms with Crippen molar-refractivity contribution < 1.29 is 17.9 Å². The quantitative estimate of drug-likeness (QED) is 0.790. The monoisotopic (exact) mass is 240 g/mol. The van der Waals surface area contributed by atoms with E-state index in [0.29, 0.717) is 12.6 Å². The van der Waals surface area contributed by atoms with Gasteiger partial charge in [-0.15, -0.1) is 13.2 Å². The summed E-state index contributed by atoms with van der Waals surface area (Å²) < 4.78 is 39.2. The molecule has 0 aromatic carbocycles. The molecule has 1 aliphatic rings. The number of piperazine rings is 1. The van der Waals surface area contributed by atoms with Crippen molar-refractivity contribution in [3.05, 3.63) is 0 Å². The third-order valence-electron chi connectivity index (χ3n) is 2.74. The van der Waals surface area contributed by atoms with Gasteiger partial charge in [0, 0.05) is 32.2 Å². The zero-order chi connectivity index (χ0) is 12.0. The van der Waals surface area contributed by atoms with E-state index in [1.165, 1.54) is 0 Å². The molecule has 1 saturated heterocycles. The van der Waals surface area contributed by atoms with Crippen molar-refractivity contribution >= 4 is 0 Å². The van der Waals surface area contributed by atoms with Crippen LogP contribution in [0.3, 0.4) is 0 Å². The second-order valence-electron chi connectivity index (χ2n) is 3.98. The molecule has 1 N–H and O–H groups in total. The van der Waals surface area contributed by atoms with E-state index in [4.69, 9.17) is 0 Å². The lowest BCUT2D eigenvalue weighted by atomic mass is 10.1. The van der Waals surface area contributed by atoms with E-state index in [1.54, 1.807) is 0 Å². The van der Waals surface area contributed by atoms with Crippen LogP contribution in [-0.4, -0.2) is 50.1 Å². The fraction of sp³-hybridized carbons (Fsp3) is 1.00. The molecule has 1 rings (SSSR count). The topological polar surface area (TPSA) is 24.5 Å². The van der Waals surface area contributed by atoms with Crippen LogP contribution in [-0.2, 0) is 4.74 Å². The zero-order valence-electron chi connectivity index (χ0n) is 9.52. The van der Waals surface area contributed by atoms with E-state index in [-0.39, 0.29) is 6.61 Å². The van der Waals surface area contributed by atoms with Crippen LogP contribution in [0.15, 0.2) is 0 Å². The molecule has 0 bridgehead atoms. The minimum absolute atomic E-state index is 0.274. The molecule has 0 amide bonds. The van der Waals surface area contributed by atoms with Gasteiger partial charge in [0.2, 0.25) is 0 Å². The van der Waals surface area contributed by atoms with Crippen LogP contribution in [0.2, 0.25) is 0 Å². The number of halogens is 3. The van der Waals surface area contributed by atoms with E-state index in [2.05, 4.69) is 21.9 Å². The SMILES string of the molecule is CCCC1CNCCN1CCOC(F)(F)F. The van der Waals surface area contributed by atoms with Gasteiger partial charge in [-0.25, -0.2) is 0 Å². The fourth-order valence-electron chi connectivity index (χ4n) is 1.99. The molecule has 1 fully saturated rings. The summed E-state index contributed by atoms with van der Waals surface area (Å²) in [6.07, 6.45) is -2.45. The van der Waals surface area contributed by atoms with E-state index in [0.717, 1.165) is 32.5 Å². The highest BCUT2D eigenvalue weighted by atomic mass is 19.4. The Bertz CT molecular complexity index is 197. The minimum Gasteiger partial charge on any atom is -0.314 e. The molecule has 1 unspecified atom stereocenters. The molecular formula is C10H19F3N2O. The van der Waals surface area contributed by atoms with Crippen molar-refractivity contribution in [2.45, 2.75) is 32.2 Å². The molecule has 0 aliphatic carbocycles. The molecule has 0 radical (unpaired) electrons. The van der Waals surface area contributed by atoms with E-state index >= 15 is 0 Å². The molecule has 1 heterocycles. The molecule has 0 saturated carbocycles. The number of hydrogen-bond acceptors (Lipinski definition) is 3. The Morgan fingerprint density at radius 2 is 2.19 bits per heavy atom. The lowest BCUT2D eigenvalue weighted by Crippen LogP contribution is -2.52. The van der Waals surface area contributed by atoms with Crippen molar-refractivity contribution in [1.82, 2.24) is 10.2 Å².